The molecule has 1 saturated heterocycles. The largest absolute Gasteiger partial charge is 0.390 e. The highest BCUT2D eigenvalue weighted by Crippen LogP contribution is 2.12. The number of aromatic nitrogens is 3. The lowest BCUT2D eigenvalue weighted by atomic mass is 10.2. The summed E-state index contributed by atoms with van der Waals surface area (Å²) in [5.74, 6) is 0. The van der Waals surface area contributed by atoms with Crippen LogP contribution in [0, 0.1) is 0 Å². The lowest BCUT2D eigenvalue weighted by molar-refractivity contribution is 0.143. The minimum Gasteiger partial charge on any atom is -0.390 e. The number of rotatable bonds is 1. The second kappa shape index (κ2) is 2.60. The Labute approximate surface area is 64.0 Å². The fourth-order valence-electron chi connectivity index (χ4n) is 1.32. The summed E-state index contributed by atoms with van der Waals surface area (Å²) in [6, 6.07) is 0.0532. The van der Waals surface area contributed by atoms with E-state index in [1.165, 1.54) is 0 Å². The van der Waals surface area contributed by atoms with Crippen molar-refractivity contribution in [2.24, 2.45) is 0 Å². The van der Waals surface area contributed by atoms with Gasteiger partial charge >= 0.3 is 0 Å². The second-order valence-electron chi connectivity index (χ2n) is 2.68. The van der Waals surface area contributed by atoms with Gasteiger partial charge in [-0.1, -0.05) is 5.21 Å². The van der Waals surface area contributed by atoms with E-state index in [1.54, 1.807) is 17.1 Å². The van der Waals surface area contributed by atoms with Crippen LogP contribution >= 0.6 is 0 Å². The number of hydrogen-bond acceptors (Lipinski definition) is 4. The Morgan fingerprint density at radius 3 is 3.00 bits per heavy atom. The summed E-state index contributed by atoms with van der Waals surface area (Å²) < 4.78 is 1.69. The zero-order chi connectivity index (χ0) is 7.68. The number of nitrogens with one attached hydrogen (secondary N) is 1. The van der Waals surface area contributed by atoms with Gasteiger partial charge in [-0.2, -0.15) is 0 Å². The molecule has 2 heterocycles. The van der Waals surface area contributed by atoms with E-state index in [9.17, 15) is 5.11 Å². The van der Waals surface area contributed by atoms with Gasteiger partial charge < -0.3 is 10.4 Å². The summed E-state index contributed by atoms with van der Waals surface area (Å²) in [7, 11) is 0. The Morgan fingerprint density at radius 1 is 1.55 bits per heavy atom. The average molecular weight is 154 g/mol. The first-order valence-electron chi connectivity index (χ1n) is 3.62. The van der Waals surface area contributed by atoms with Crippen molar-refractivity contribution in [1.82, 2.24) is 20.3 Å². The van der Waals surface area contributed by atoms with Crippen LogP contribution in [0.3, 0.4) is 0 Å². The molecule has 11 heavy (non-hydrogen) atoms. The normalized spacial score (nSPS) is 31.0. The predicted octanol–water partition coefficient (Wildman–Crippen LogP) is -1.22. The molecule has 1 aromatic rings. The molecule has 0 aromatic carbocycles. The Balaban J connectivity index is 2.16. The van der Waals surface area contributed by atoms with Crippen molar-refractivity contribution in [2.45, 2.75) is 12.1 Å². The van der Waals surface area contributed by atoms with E-state index < -0.39 is 0 Å². The minimum absolute atomic E-state index is 0.0532. The summed E-state index contributed by atoms with van der Waals surface area (Å²) >= 11 is 0. The predicted molar refractivity (Wildman–Crippen MR) is 37.9 cm³/mol. The summed E-state index contributed by atoms with van der Waals surface area (Å²) in [5.41, 5.74) is 0. The van der Waals surface area contributed by atoms with Crippen LogP contribution in [0.4, 0.5) is 0 Å². The molecule has 0 radical (unpaired) electrons. The van der Waals surface area contributed by atoms with E-state index >= 15 is 0 Å². The van der Waals surface area contributed by atoms with E-state index in [0.717, 1.165) is 6.54 Å². The van der Waals surface area contributed by atoms with Crippen LogP contribution in [-0.2, 0) is 0 Å². The number of aliphatic hydroxyl groups is 1. The van der Waals surface area contributed by atoms with Crippen molar-refractivity contribution in [2.75, 3.05) is 13.1 Å². The van der Waals surface area contributed by atoms with Crippen molar-refractivity contribution in [3.63, 3.8) is 0 Å². The third-order valence-corrected chi connectivity index (χ3v) is 1.93. The van der Waals surface area contributed by atoms with E-state index in [1.807, 2.05) is 0 Å². The lowest BCUT2D eigenvalue weighted by Crippen LogP contribution is -2.22. The maximum absolute atomic E-state index is 9.41. The highest BCUT2D eigenvalue weighted by molar-refractivity contribution is 4.85. The molecule has 0 aliphatic carbocycles. The summed E-state index contributed by atoms with van der Waals surface area (Å²) in [6.45, 7) is 1.41. The molecule has 2 atom stereocenters. The molecule has 1 fully saturated rings. The fourth-order valence-corrected chi connectivity index (χ4v) is 1.32. The third kappa shape index (κ3) is 1.12. The van der Waals surface area contributed by atoms with Gasteiger partial charge in [-0.25, -0.2) is 4.68 Å². The van der Waals surface area contributed by atoms with Crippen LogP contribution in [0.25, 0.3) is 0 Å². The smallest absolute Gasteiger partial charge is 0.0932 e. The number of nitrogens with zero attached hydrogens (tertiary/aromatic N) is 3. The average Bonchev–Trinajstić information content (AvgIpc) is 2.55. The summed E-state index contributed by atoms with van der Waals surface area (Å²) in [4.78, 5) is 0. The van der Waals surface area contributed by atoms with Gasteiger partial charge in [0, 0.05) is 19.3 Å². The number of hydrogen-bond donors (Lipinski definition) is 2. The Morgan fingerprint density at radius 2 is 2.45 bits per heavy atom. The van der Waals surface area contributed by atoms with E-state index in [4.69, 9.17) is 0 Å². The molecule has 2 rings (SSSR count). The van der Waals surface area contributed by atoms with Crippen molar-refractivity contribution in [3.8, 4) is 0 Å². The summed E-state index contributed by atoms with van der Waals surface area (Å²) in [6.07, 6.45) is 3.04. The SMILES string of the molecule is O[C@H]1CNCC1n1ccnn1. The zero-order valence-corrected chi connectivity index (χ0v) is 6.01. The van der Waals surface area contributed by atoms with Crippen LogP contribution in [0.15, 0.2) is 12.4 Å². The molecule has 5 heteroatoms. The Hall–Kier alpha value is -0.940. The van der Waals surface area contributed by atoms with Gasteiger partial charge in [-0.3, -0.25) is 0 Å². The van der Waals surface area contributed by atoms with Crippen molar-refractivity contribution in [3.05, 3.63) is 12.4 Å². The maximum Gasteiger partial charge on any atom is 0.0932 e. The molecule has 1 aliphatic rings. The first kappa shape index (κ1) is 6.75. The van der Waals surface area contributed by atoms with Gasteiger partial charge in [0.25, 0.3) is 0 Å². The van der Waals surface area contributed by atoms with Crippen LogP contribution in [0.5, 0.6) is 0 Å². The molecule has 1 aromatic heterocycles. The van der Waals surface area contributed by atoms with Crippen LogP contribution in [-0.4, -0.2) is 39.3 Å². The van der Waals surface area contributed by atoms with Crippen LogP contribution in [0.1, 0.15) is 6.04 Å². The molecule has 0 bridgehead atoms. The molecule has 0 amide bonds. The standard InChI is InChI=1S/C6H10N4O/c11-6-4-7-3-5(6)10-2-1-8-9-10/h1-2,5-7,11H,3-4H2/t5?,6-/m0/s1. The first-order chi connectivity index (χ1) is 5.38. The number of aliphatic hydroxyl groups excluding tert-OH is 1. The maximum atomic E-state index is 9.41. The fraction of sp³-hybridized carbons (Fsp3) is 0.667. The Kier molecular flexibility index (Phi) is 1.59. The highest BCUT2D eigenvalue weighted by Gasteiger charge is 2.26. The van der Waals surface area contributed by atoms with Crippen LogP contribution < -0.4 is 5.32 Å². The van der Waals surface area contributed by atoms with Crippen molar-refractivity contribution >= 4 is 0 Å². The number of β-amino-alcohol motifs (C(OH)–C–C–N with tert-alkyl or cyclic N) is 1. The van der Waals surface area contributed by atoms with Crippen molar-refractivity contribution < 1.29 is 5.11 Å². The van der Waals surface area contributed by atoms with E-state index in [0.29, 0.717) is 6.54 Å². The Bertz CT molecular complexity index is 222. The molecule has 0 spiro atoms. The van der Waals surface area contributed by atoms with Gasteiger partial charge in [0.2, 0.25) is 0 Å². The summed E-state index contributed by atoms with van der Waals surface area (Å²) in [5, 5.41) is 20.0. The quantitative estimate of drug-likeness (QED) is 0.532. The molecule has 5 nitrogen and oxygen atoms in total. The van der Waals surface area contributed by atoms with Crippen LogP contribution in [0.2, 0.25) is 0 Å². The molecule has 2 N–H and O–H groups in total. The topological polar surface area (TPSA) is 63.0 Å². The molecule has 0 saturated carbocycles. The lowest BCUT2D eigenvalue weighted by Gasteiger charge is -2.11. The minimum atomic E-state index is -0.336. The monoisotopic (exact) mass is 154 g/mol. The molecular weight excluding hydrogens is 144 g/mol. The van der Waals surface area contributed by atoms with Crippen molar-refractivity contribution in [1.29, 1.82) is 0 Å². The van der Waals surface area contributed by atoms with E-state index in [-0.39, 0.29) is 12.1 Å². The third-order valence-electron chi connectivity index (χ3n) is 1.93. The molecule has 60 valence electrons. The van der Waals surface area contributed by atoms with Gasteiger partial charge in [0.1, 0.15) is 0 Å². The van der Waals surface area contributed by atoms with Gasteiger partial charge in [0.05, 0.1) is 18.3 Å². The van der Waals surface area contributed by atoms with Gasteiger partial charge in [-0.15, -0.1) is 5.10 Å². The van der Waals surface area contributed by atoms with Gasteiger partial charge in [0.15, 0.2) is 0 Å². The molecule has 1 unspecified atom stereocenters. The molecule has 1 aliphatic heterocycles. The zero-order valence-electron chi connectivity index (χ0n) is 6.01. The van der Waals surface area contributed by atoms with E-state index in [2.05, 4.69) is 15.6 Å². The molecular formula is C6H10N4O. The highest BCUT2D eigenvalue weighted by atomic mass is 16.3. The first-order valence-corrected chi connectivity index (χ1v) is 3.62. The second-order valence-corrected chi connectivity index (χ2v) is 2.68. The van der Waals surface area contributed by atoms with Gasteiger partial charge in [-0.05, 0) is 0 Å².